The van der Waals surface area contributed by atoms with Crippen LogP contribution in [0.3, 0.4) is 0 Å². The number of rotatable bonds is 4. The number of hydrogen-bond donors (Lipinski definition) is 1. The topological polar surface area (TPSA) is 67.9 Å². The zero-order valence-corrected chi connectivity index (χ0v) is 13.4. The predicted octanol–water partition coefficient (Wildman–Crippen LogP) is 3.19. The number of hydrogen-bond acceptors (Lipinski definition) is 7. The second-order valence-electron chi connectivity index (χ2n) is 4.72. The fourth-order valence-corrected chi connectivity index (χ4v) is 3.72. The Morgan fingerprint density at radius 1 is 1.33 bits per heavy atom. The molecule has 0 aliphatic carbocycles. The maximum atomic E-state index is 6.04. The van der Waals surface area contributed by atoms with Crippen molar-refractivity contribution in [2.24, 2.45) is 0 Å². The van der Waals surface area contributed by atoms with Crippen LogP contribution in [0.1, 0.15) is 11.4 Å². The Kier molecular flexibility index (Phi) is 3.85. The molecule has 0 saturated heterocycles. The van der Waals surface area contributed by atoms with Crippen LogP contribution < -0.4 is 10.6 Å². The van der Waals surface area contributed by atoms with Gasteiger partial charge >= 0.3 is 0 Å². The number of aryl methyl sites for hydroxylation is 1. The van der Waals surface area contributed by atoms with Crippen molar-refractivity contribution >= 4 is 33.7 Å². The van der Waals surface area contributed by atoms with Crippen LogP contribution in [-0.4, -0.2) is 21.4 Å². The predicted molar refractivity (Wildman–Crippen MR) is 88.7 cm³/mol. The summed E-state index contributed by atoms with van der Waals surface area (Å²) in [6.45, 7) is 2.69. The van der Waals surface area contributed by atoms with Crippen LogP contribution in [0.2, 0.25) is 0 Å². The van der Waals surface area contributed by atoms with Crippen molar-refractivity contribution in [2.45, 2.75) is 13.5 Å². The van der Waals surface area contributed by atoms with Crippen molar-refractivity contribution in [3.05, 3.63) is 41.2 Å². The third-order valence-electron chi connectivity index (χ3n) is 3.01. The fourth-order valence-electron chi connectivity index (χ4n) is 2.03. The summed E-state index contributed by atoms with van der Waals surface area (Å²) in [5, 5.41) is 3.96. The highest BCUT2D eigenvalue weighted by Gasteiger charge is 2.19. The minimum Gasteiger partial charge on any atom is -0.382 e. The lowest BCUT2D eigenvalue weighted by Crippen LogP contribution is -2.16. The molecule has 0 fully saturated rings. The minimum atomic E-state index is 0.539. The summed E-state index contributed by atoms with van der Waals surface area (Å²) in [5.74, 6) is 0.539. The molecule has 0 bridgehead atoms. The quantitative estimate of drug-likeness (QED) is 0.800. The van der Waals surface area contributed by atoms with E-state index in [1.807, 2.05) is 37.6 Å². The summed E-state index contributed by atoms with van der Waals surface area (Å²) in [6, 6.07) is 5.91. The maximum Gasteiger partial charge on any atom is 0.149 e. The highest BCUT2D eigenvalue weighted by atomic mass is 32.1. The lowest BCUT2D eigenvalue weighted by atomic mass is 10.3. The number of pyridine rings is 1. The van der Waals surface area contributed by atoms with Crippen LogP contribution in [0.15, 0.2) is 29.8 Å². The van der Waals surface area contributed by atoms with Crippen molar-refractivity contribution in [1.82, 2.24) is 14.3 Å². The van der Waals surface area contributed by atoms with Gasteiger partial charge in [0.15, 0.2) is 0 Å². The van der Waals surface area contributed by atoms with Crippen molar-refractivity contribution in [1.29, 1.82) is 0 Å². The number of thiazole rings is 1. The third kappa shape index (κ3) is 2.88. The van der Waals surface area contributed by atoms with E-state index in [0.29, 0.717) is 12.4 Å². The first kappa shape index (κ1) is 14.0. The largest absolute Gasteiger partial charge is 0.382 e. The van der Waals surface area contributed by atoms with Gasteiger partial charge in [-0.1, -0.05) is 6.07 Å². The van der Waals surface area contributed by atoms with E-state index < -0.39 is 0 Å². The van der Waals surface area contributed by atoms with Crippen molar-refractivity contribution in [3.63, 3.8) is 0 Å². The number of nitrogens with two attached hydrogens (primary N) is 1. The van der Waals surface area contributed by atoms with Crippen molar-refractivity contribution in [3.8, 4) is 10.6 Å². The molecule has 3 rings (SSSR count). The standard InChI is InChI=1S/C14H15N5S2/c1-9-8-20-13(17-9)11-12(15)18-21-14(11)19(2)7-10-5-3-4-6-16-10/h3-6,8H,7H2,1-2H3,(H2,15,18). The van der Waals surface area contributed by atoms with Gasteiger partial charge in [-0.25, -0.2) is 4.98 Å². The average Bonchev–Trinajstić information content (AvgIpc) is 3.05. The second kappa shape index (κ2) is 5.79. The Balaban J connectivity index is 1.92. The smallest absolute Gasteiger partial charge is 0.149 e. The van der Waals surface area contributed by atoms with Crippen LogP contribution in [0.25, 0.3) is 10.6 Å². The zero-order valence-electron chi connectivity index (χ0n) is 11.8. The minimum absolute atomic E-state index is 0.539. The fraction of sp³-hybridized carbons (Fsp3) is 0.214. The first-order valence-electron chi connectivity index (χ1n) is 6.44. The number of nitrogen functional groups attached to an aromatic ring is 1. The maximum absolute atomic E-state index is 6.04. The lowest BCUT2D eigenvalue weighted by molar-refractivity contribution is 0.895. The average molecular weight is 317 g/mol. The van der Waals surface area contributed by atoms with E-state index in [9.17, 15) is 0 Å². The van der Waals surface area contributed by atoms with E-state index in [1.54, 1.807) is 17.5 Å². The van der Waals surface area contributed by atoms with Gasteiger partial charge in [-0.15, -0.1) is 11.3 Å². The van der Waals surface area contributed by atoms with Gasteiger partial charge in [-0.3, -0.25) is 4.98 Å². The highest BCUT2D eigenvalue weighted by Crippen LogP contribution is 2.40. The molecule has 3 aromatic heterocycles. The van der Waals surface area contributed by atoms with Crippen LogP contribution in [0.4, 0.5) is 10.8 Å². The Hall–Kier alpha value is -1.99. The van der Waals surface area contributed by atoms with Gasteiger partial charge in [-0.05, 0) is 30.6 Å². The van der Waals surface area contributed by atoms with Crippen molar-refractivity contribution in [2.75, 3.05) is 17.7 Å². The van der Waals surface area contributed by atoms with Gasteiger partial charge in [0.1, 0.15) is 15.8 Å². The van der Waals surface area contributed by atoms with Gasteiger partial charge in [-0.2, -0.15) is 4.37 Å². The monoisotopic (exact) mass is 317 g/mol. The molecule has 7 heteroatoms. The normalized spacial score (nSPS) is 10.8. The number of aromatic nitrogens is 3. The van der Waals surface area contributed by atoms with Crippen LogP contribution >= 0.6 is 22.9 Å². The lowest BCUT2D eigenvalue weighted by Gasteiger charge is -2.17. The molecule has 21 heavy (non-hydrogen) atoms. The molecule has 5 nitrogen and oxygen atoms in total. The Bertz CT molecular complexity index is 735. The molecule has 0 aliphatic rings. The third-order valence-corrected chi connectivity index (χ3v) is 4.96. The number of anilines is 2. The van der Waals surface area contributed by atoms with Gasteiger partial charge in [0.05, 0.1) is 17.8 Å². The molecule has 0 unspecified atom stereocenters. The first-order valence-corrected chi connectivity index (χ1v) is 8.09. The molecule has 0 amide bonds. The molecule has 0 atom stereocenters. The van der Waals surface area contributed by atoms with E-state index in [-0.39, 0.29) is 0 Å². The summed E-state index contributed by atoms with van der Waals surface area (Å²) in [7, 11) is 2.02. The van der Waals surface area contributed by atoms with Crippen molar-refractivity contribution < 1.29 is 0 Å². The van der Waals surface area contributed by atoms with E-state index in [2.05, 4.69) is 19.2 Å². The number of nitrogens with zero attached hydrogens (tertiary/aromatic N) is 4. The van der Waals surface area contributed by atoms with E-state index in [0.717, 1.165) is 27.0 Å². The van der Waals surface area contributed by atoms with Gasteiger partial charge in [0.25, 0.3) is 0 Å². The summed E-state index contributed by atoms with van der Waals surface area (Å²) >= 11 is 2.99. The zero-order chi connectivity index (χ0) is 14.8. The van der Waals surface area contributed by atoms with Gasteiger partial charge in [0, 0.05) is 24.3 Å². The van der Waals surface area contributed by atoms with Crippen LogP contribution in [0.5, 0.6) is 0 Å². The van der Waals surface area contributed by atoms with Gasteiger partial charge in [0.2, 0.25) is 0 Å². The van der Waals surface area contributed by atoms with E-state index >= 15 is 0 Å². The summed E-state index contributed by atoms with van der Waals surface area (Å²) in [5.41, 5.74) is 8.97. The van der Waals surface area contributed by atoms with E-state index in [4.69, 9.17) is 5.73 Å². The molecule has 2 N–H and O–H groups in total. The van der Waals surface area contributed by atoms with E-state index in [1.165, 1.54) is 11.5 Å². The molecular weight excluding hydrogens is 302 g/mol. The Morgan fingerprint density at radius 2 is 2.19 bits per heavy atom. The molecule has 108 valence electrons. The molecule has 0 aliphatic heterocycles. The molecule has 3 aromatic rings. The molecule has 0 aromatic carbocycles. The Labute approximate surface area is 131 Å². The molecule has 0 saturated carbocycles. The van der Waals surface area contributed by atoms with Crippen LogP contribution in [-0.2, 0) is 6.54 Å². The SMILES string of the molecule is Cc1csc(-c2c(N)nsc2N(C)Cc2ccccn2)n1. The molecule has 3 heterocycles. The van der Waals surface area contributed by atoms with Gasteiger partial charge < -0.3 is 10.6 Å². The molecule has 0 spiro atoms. The second-order valence-corrected chi connectivity index (χ2v) is 6.33. The summed E-state index contributed by atoms with van der Waals surface area (Å²) in [4.78, 5) is 11.0. The summed E-state index contributed by atoms with van der Waals surface area (Å²) < 4.78 is 4.29. The van der Waals surface area contributed by atoms with Crippen LogP contribution in [0, 0.1) is 6.92 Å². The Morgan fingerprint density at radius 3 is 2.86 bits per heavy atom. The highest BCUT2D eigenvalue weighted by molar-refractivity contribution is 7.15. The first-order chi connectivity index (χ1) is 10.1. The molecular formula is C14H15N5S2. The molecule has 0 radical (unpaired) electrons. The summed E-state index contributed by atoms with van der Waals surface area (Å²) in [6.07, 6.45) is 1.80.